The van der Waals surface area contributed by atoms with Gasteiger partial charge in [-0.2, -0.15) is 0 Å². The number of allylic oxidation sites excluding steroid dienone is 4. The van der Waals surface area contributed by atoms with Gasteiger partial charge in [-0.05, 0) is 56.1 Å². The summed E-state index contributed by atoms with van der Waals surface area (Å²) in [6.07, 6.45) is 8.26. The molecule has 5 nitrogen and oxygen atoms in total. The average molecular weight is 360 g/mol. The topological polar surface area (TPSA) is 94.8 Å². The Morgan fingerprint density at radius 1 is 1.27 bits per heavy atom. The maximum absolute atomic E-state index is 12.3. The van der Waals surface area contributed by atoms with Crippen molar-refractivity contribution < 1.29 is 24.9 Å². The molecule has 0 spiro atoms. The van der Waals surface area contributed by atoms with Crippen LogP contribution in [0.1, 0.15) is 39.0 Å². The zero-order valence-electron chi connectivity index (χ0n) is 15.2. The van der Waals surface area contributed by atoms with E-state index in [4.69, 9.17) is 0 Å². The molecule has 0 heterocycles. The van der Waals surface area contributed by atoms with Crippen LogP contribution in [-0.4, -0.2) is 46.2 Å². The van der Waals surface area contributed by atoms with Crippen molar-refractivity contribution in [3.05, 3.63) is 23.8 Å². The van der Waals surface area contributed by atoms with E-state index in [2.05, 4.69) is 6.92 Å². The number of carbonyl (C=O) groups excluding carboxylic acids is 2. The molecule has 5 heteroatoms. The highest BCUT2D eigenvalue weighted by Crippen LogP contribution is 2.66. The second-order valence-electron chi connectivity index (χ2n) is 8.94. The van der Waals surface area contributed by atoms with Gasteiger partial charge >= 0.3 is 0 Å². The first-order valence-corrected chi connectivity index (χ1v) is 9.74. The van der Waals surface area contributed by atoms with Gasteiger partial charge < -0.3 is 15.3 Å². The third-order valence-electron chi connectivity index (χ3n) is 8.06. The van der Waals surface area contributed by atoms with Crippen molar-refractivity contribution in [2.75, 3.05) is 13.2 Å². The van der Waals surface area contributed by atoms with E-state index in [1.54, 1.807) is 12.2 Å². The van der Waals surface area contributed by atoms with Gasteiger partial charge in [0.25, 0.3) is 0 Å². The number of ketones is 2. The van der Waals surface area contributed by atoms with Crippen molar-refractivity contribution in [2.24, 2.45) is 34.5 Å². The van der Waals surface area contributed by atoms with E-state index in [0.29, 0.717) is 12.8 Å². The Morgan fingerprint density at radius 3 is 2.73 bits per heavy atom. The lowest BCUT2D eigenvalue weighted by Gasteiger charge is -2.59. The van der Waals surface area contributed by atoms with E-state index in [-0.39, 0.29) is 47.3 Å². The predicted molar refractivity (Wildman–Crippen MR) is 95.0 cm³/mol. The van der Waals surface area contributed by atoms with E-state index < -0.39 is 18.1 Å². The average Bonchev–Trinajstić information content (AvgIpc) is 3.00. The van der Waals surface area contributed by atoms with Crippen molar-refractivity contribution in [3.8, 4) is 0 Å². The van der Waals surface area contributed by atoms with Gasteiger partial charge in [-0.25, -0.2) is 0 Å². The second-order valence-corrected chi connectivity index (χ2v) is 8.94. The van der Waals surface area contributed by atoms with Crippen molar-refractivity contribution in [1.82, 2.24) is 0 Å². The molecule has 26 heavy (non-hydrogen) atoms. The number of carbonyl (C=O) groups is 2. The lowest BCUT2D eigenvalue weighted by atomic mass is 9.46. The molecule has 0 aromatic heterocycles. The number of hydrogen-bond acceptors (Lipinski definition) is 5. The van der Waals surface area contributed by atoms with Crippen LogP contribution in [0, 0.1) is 34.5 Å². The molecule has 3 N–H and O–H groups in total. The molecule has 0 aromatic rings. The minimum Gasteiger partial charge on any atom is -0.396 e. The summed E-state index contributed by atoms with van der Waals surface area (Å²) in [7, 11) is 0. The smallest absolute Gasteiger partial charge is 0.178 e. The van der Waals surface area contributed by atoms with E-state index in [1.165, 1.54) is 0 Å². The minimum atomic E-state index is -0.637. The molecule has 3 saturated carbocycles. The molecule has 0 aromatic carbocycles. The Hall–Kier alpha value is -1.30. The monoisotopic (exact) mass is 360 g/mol. The van der Waals surface area contributed by atoms with Crippen LogP contribution in [0.15, 0.2) is 23.8 Å². The molecule has 3 fully saturated rings. The molecule has 7 atom stereocenters. The van der Waals surface area contributed by atoms with Crippen LogP contribution in [0.2, 0.25) is 0 Å². The Balaban J connectivity index is 1.74. The number of aliphatic hydroxyl groups excluding tert-OH is 3. The quantitative estimate of drug-likeness (QED) is 0.707. The van der Waals surface area contributed by atoms with Crippen LogP contribution in [0.25, 0.3) is 0 Å². The first-order chi connectivity index (χ1) is 12.4. The van der Waals surface area contributed by atoms with E-state index in [0.717, 1.165) is 24.8 Å². The fourth-order valence-corrected chi connectivity index (χ4v) is 7.00. The summed E-state index contributed by atoms with van der Waals surface area (Å²) in [6.45, 7) is 1.49. The third kappa shape index (κ3) is 2.26. The third-order valence-corrected chi connectivity index (χ3v) is 8.06. The summed E-state index contributed by atoms with van der Waals surface area (Å²) >= 11 is 0. The molecule has 0 amide bonds. The van der Waals surface area contributed by atoms with Crippen LogP contribution in [0.3, 0.4) is 0 Å². The predicted octanol–water partition coefficient (Wildman–Crippen LogP) is 1.42. The van der Waals surface area contributed by atoms with Gasteiger partial charge in [-0.3, -0.25) is 9.59 Å². The van der Waals surface area contributed by atoms with Crippen molar-refractivity contribution in [1.29, 1.82) is 0 Å². The van der Waals surface area contributed by atoms with Crippen LogP contribution in [0.4, 0.5) is 0 Å². The first-order valence-electron chi connectivity index (χ1n) is 9.74. The summed E-state index contributed by atoms with van der Waals surface area (Å²) in [4.78, 5) is 24.1. The van der Waals surface area contributed by atoms with Crippen LogP contribution in [0.5, 0.6) is 0 Å². The maximum Gasteiger partial charge on any atom is 0.178 e. The Kier molecular flexibility index (Phi) is 4.25. The standard InChI is InChI=1S/C21H28O5/c1-20-7-6-13(24)8-12(20)2-3-14-15-4-5-16(18(26)10-22)21(15,11-23)9-17(25)19(14)20/h6-8,14-17,19,22-23,25H,2-5,9-11H2,1H3/t14-,15+,16+,17-,19-,20-,21+/m0/s1. The molecule has 0 bridgehead atoms. The summed E-state index contributed by atoms with van der Waals surface area (Å²) in [6, 6.07) is 0. The molecule has 4 aliphatic carbocycles. The summed E-state index contributed by atoms with van der Waals surface area (Å²) in [5.74, 6) is -0.183. The minimum absolute atomic E-state index is 0.000460. The van der Waals surface area contributed by atoms with Gasteiger partial charge in [0.05, 0.1) is 6.10 Å². The van der Waals surface area contributed by atoms with Gasteiger partial charge in [-0.1, -0.05) is 18.6 Å². The Morgan fingerprint density at radius 2 is 2.04 bits per heavy atom. The highest BCUT2D eigenvalue weighted by atomic mass is 16.3. The lowest BCUT2D eigenvalue weighted by Crippen LogP contribution is -2.58. The summed E-state index contributed by atoms with van der Waals surface area (Å²) in [5, 5.41) is 30.8. The molecular weight excluding hydrogens is 332 g/mol. The normalized spacial score (nSPS) is 47.0. The van der Waals surface area contributed by atoms with Gasteiger partial charge in [-0.15, -0.1) is 0 Å². The van der Waals surface area contributed by atoms with Gasteiger partial charge in [0.2, 0.25) is 0 Å². The highest BCUT2D eigenvalue weighted by Gasteiger charge is 2.64. The van der Waals surface area contributed by atoms with E-state index in [9.17, 15) is 24.9 Å². The van der Waals surface area contributed by atoms with Gasteiger partial charge in [0, 0.05) is 29.3 Å². The maximum atomic E-state index is 12.3. The van der Waals surface area contributed by atoms with E-state index in [1.807, 2.05) is 6.08 Å². The molecule has 0 aliphatic heterocycles. The molecule has 0 unspecified atom stereocenters. The number of aliphatic hydroxyl groups is 3. The van der Waals surface area contributed by atoms with Crippen LogP contribution < -0.4 is 0 Å². The van der Waals surface area contributed by atoms with Crippen molar-refractivity contribution in [3.63, 3.8) is 0 Å². The van der Waals surface area contributed by atoms with Gasteiger partial charge in [0.15, 0.2) is 11.6 Å². The van der Waals surface area contributed by atoms with E-state index >= 15 is 0 Å². The highest BCUT2D eigenvalue weighted by molar-refractivity contribution is 6.01. The molecular formula is C21H28O5. The molecule has 0 radical (unpaired) electrons. The van der Waals surface area contributed by atoms with Crippen LogP contribution in [-0.2, 0) is 9.59 Å². The molecule has 4 aliphatic rings. The zero-order valence-corrected chi connectivity index (χ0v) is 15.2. The zero-order chi connectivity index (χ0) is 18.7. The van der Waals surface area contributed by atoms with Crippen LogP contribution >= 0.6 is 0 Å². The summed E-state index contributed by atoms with van der Waals surface area (Å²) in [5.41, 5.74) is 0.145. The molecule has 4 rings (SSSR count). The Bertz CT molecular complexity index is 695. The van der Waals surface area contributed by atoms with Crippen molar-refractivity contribution >= 4 is 11.6 Å². The number of Topliss-reactive ketones (excluding diaryl/α,β-unsaturated/α-hetero) is 1. The van der Waals surface area contributed by atoms with Gasteiger partial charge in [0.1, 0.15) is 6.61 Å². The number of fused-ring (bicyclic) bond motifs is 5. The lowest BCUT2D eigenvalue weighted by molar-refractivity contribution is -0.152. The number of rotatable bonds is 3. The fraction of sp³-hybridized carbons (Fsp3) is 0.714. The SMILES string of the molecule is C[C@]12C=CC(=O)C=C1CC[C@@H]1[C@H]2[C@@H](O)C[C@]2(CO)[C@@H](C(=O)CO)CC[C@H]12. The second kappa shape index (κ2) is 6.11. The largest absolute Gasteiger partial charge is 0.396 e. The summed E-state index contributed by atoms with van der Waals surface area (Å²) < 4.78 is 0. The fourth-order valence-electron chi connectivity index (χ4n) is 7.00. The Labute approximate surface area is 153 Å². The van der Waals surface area contributed by atoms with Crippen molar-refractivity contribution in [2.45, 2.75) is 45.1 Å². The first kappa shape index (κ1) is 18.1. The number of hydrogen-bond donors (Lipinski definition) is 3. The molecule has 142 valence electrons. The molecule has 0 saturated heterocycles.